The van der Waals surface area contributed by atoms with Crippen molar-refractivity contribution in [3.63, 3.8) is 0 Å². The molecule has 96 valence electrons. The Labute approximate surface area is 99.3 Å². The Morgan fingerprint density at radius 2 is 2.00 bits per heavy atom. The zero-order valence-corrected chi connectivity index (χ0v) is 11.2. The van der Waals surface area contributed by atoms with Gasteiger partial charge in [-0.2, -0.15) is 0 Å². The lowest BCUT2D eigenvalue weighted by atomic mass is 10.2. The Balaban J connectivity index is 4.10. The van der Waals surface area contributed by atoms with Crippen LogP contribution in [0, 0.1) is 0 Å². The van der Waals surface area contributed by atoms with Crippen molar-refractivity contribution >= 4 is 5.91 Å². The summed E-state index contributed by atoms with van der Waals surface area (Å²) in [6, 6.07) is 0.529. The minimum atomic E-state index is 0.140. The monoisotopic (exact) mass is 230 g/mol. The molecule has 0 heterocycles. The molecule has 2 unspecified atom stereocenters. The zero-order chi connectivity index (χ0) is 12.6. The summed E-state index contributed by atoms with van der Waals surface area (Å²) in [6.45, 7) is 9.92. The lowest BCUT2D eigenvalue weighted by molar-refractivity contribution is -0.133. The Morgan fingerprint density at radius 1 is 1.38 bits per heavy atom. The summed E-state index contributed by atoms with van der Waals surface area (Å²) in [5.41, 5.74) is 0. The number of hydrogen-bond donors (Lipinski definition) is 1. The summed E-state index contributed by atoms with van der Waals surface area (Å²) in [6.07, 6.45) is 1.03. The SMILES string of the molecule is CCC(C)NCC(=O)N(CC)C(C)COC. The van der Waals surface area contributed by atoms with Crippen LogP contribution < -0.4 is 5.32 Å². The third-order valence-electron chi connectivity index (χ3n) is 2.82. The third kappa shape index (κ3) is 5.47. The van der Waals surface area contributed by atoms with E-state index in [1.807, 2.05) is 18.7 Å². The number of rotatable bonds is 8. The van der Waals surface area contributed by atoms with Crippen molar-refractivity contribution < 1.29 is 9.53 Å². The van der Waals surface area contributed by atoms with Crippen LogP contribution in [0.1, 0.15) is 34.1 Å². The quantitative estimate of drug-likeness (QED) is 0.682. The van der Waals surface area contributed by atoms with Gasteiger partial charge in [-0.1, -0.05) is 6.92 Å². The number of likely N-dealkylation sites (N-methyl/N-ethyl adjacent to an activating group) is 1. The summed E-state index contributed by atoms with van der Waals surface area (Å²) < 4.78 is 5.07. The maximum atomic E-state index is 11.9. The van der Waals surface area contributed by atoms with Crippen LogP contribution in [0.5, 0.6) is 0 Å². The van der Waals surface area contributed by atoms with Gasteiger partial charge in [0.25, 0.3) is 0 Å². The van der Waals surface area contributed by atoms with Gasteiger partial charge in [-0.3, -0.25) is 4.79 Å². The van der Waals surface area contributed by atoms with Gasteiger partial charge in [-0.05, 0) is 27.2 Å². The van der Waals surface area contributed by atoms with Crippen LogP contribution in [0.3, 0.4) is 0 Å². The van der Waals surface area contributed by atoms with Gasteiger partial charge in [0.1, 0.15) is 0 Å². The smallest absolute Gasteiger partial charge is 0.236 e. The Bertz CT molecular complexity index is 197. The van der Waals surface area contributed by atoms with E-state index in [-0.39, 0.29) is 11.9 Å². The molecule has 0 aliphatic carbocycles. The van der Waals surface area contributed by atoms with Gasteiger partial charge >= 0.3 is 0 Å². The van der Waals surface area contributed by atoms with E-state index in [2.05, 4.69) is 19.2 Å². The Kier molecular flexibility index (Phi) is 8.21. The molecule has 0 rings (SSSR count). The van der Waals surface area contributed by atoms with E-state index in [0.29, 0.717) is 19.2 Å². The van der Waals surface area contributed by atoms with E-state index < -0.39 is 0 Å². The molecule has 0 fully saturated rings. The van der Waals surface area contributed by atoms with Crippen LogP contribution in [0.25, 0.3) is 0 Å². The van der Waals surface area contributed by atoms with Crippen LogP contribution >= 0.6 is 0 Å². The molecule has 2 atom stereocenters. The summed E-state index contributed by atoms with van der Waals surface area (Å²) in [5, 5.41) is 3.21. The molecule has 4 nitrogen and oxygen atoms in total. The fourth-order valence-corrected chi connectivity index (χ4v) is 1.57. The van der Waals surface area contributed by atoms with Gasteiger partial charge in [0.15, 0.2) is 0 Å². The van der Waals surface area contributed by atoms with E-state index in [0.717, 1.165) is 13.0 Å². The van der Waals surface area contributed by atoms with Gasteiger partial charge in [0, 0.05) is 19.7 Å². The molecule has 0 saturated carbocycles. The maximum absolute atomic E-state index is 11.9. The van der Waals surface area contributed by atoms with Crippen LogP contribution in [0.15, 0.2) is 0 Å². The predicted molar refractivity (Wildman–Crippen MR) is 66.5 cm³/mol. The predicted octanol–water partition coefficient (Wildman–Crippen LogP) is 1.26. The van der Waals surface area contributed by atoms with Crippen molar-refractivity contribution in [1.82, 2.24) is 10.2 Å². The number of carbonyl (C=O) groups excluding carboxylic acids is 1. The fraction of sp³-hybridized carbons (Fsp3) is 0.917. The van der Waals surface area contributed by atoms with Crippen LogP contribution in [-0.4, -0.2) is 49.7 Å². The van der Waals surface area contributed by atoms with Crippen molar-refractivity contribution in [3.8, 4) is 0 Å². The van der Waals surface area contributed by atoms with Gasteiger partial charge in [0.05, 0.1) is 19.2 Å². The first-order valence-electron chi connectivity index (χ1n) is 6.08. The van der Waals surface area contributed by atoms with E-state index in [1.54, 1.807) is 7.11 Å². The number of carbonyl (C=O) groups is 1. The molecule has 1 amide bonds. The Hall–Kier alpha value is -0.610. The number of methoxy groups -OCH3 is 1. The van der Waals surface area contributed by atoms with Crippen molar-refractivity contribution in [3.05, 3.63) is 0 Å². The average Bonchev–Trinajstić information content (AvgIpc) is 2.27. The van der Waals surface area contributed by atoms with Crippen molar-refractivity contribution in [2.75, 3.05) is 26.8 Å². The van der Waals surface area contributed by atoms with E-state index >= 15 is 0 Å². The summed E-state index contributed by atoms with van der Waals surface area (Å²) in [4.78, 5) is 13.8. The third-order valence-corrected chi connectivity index (χ3v) is 2.82. The highest BCUT2D eigenvalue weighted by atomic mass is 16.5. The molecule has 0 aromatic rings. The summed E-state index contributed by atoms with van der Waals surface area (Å²) in [7, 11) is 1.66. The molecule has 0 aliphatic heterocycles. The summed E-state index contributed by atoms with van der Waals surface area (Å²) >= 11 is 0. The van der Waals surface area contributed by atoms with E-state index in [4.69, 9.17) is 4.74 Å². The molecular formula is C12H26N2O2. The van der Waals surface area contributed by atoms with E-state index in [9.17, 15) is 4.79 Å². The molecule has 4 heteroatoms. The molecule has 0 saturated heterocycles. The molecule has 0 spiro atoms. The highest BCUT2D eigenvalue weighted by Gasteiger charge is 2.18. The number of nitrogens with zero attached hydrogens (tertiary/aromatic N) is 1. The second-order valence-electron chi connectivity index (χ2n) is 4.17. The normalized spacial score (nSPS) is 14.6. The number of amides is 1. The molecular weight excluding hydrogens is 204 g/mol. The largest absolute Gasteiger partial charge is 0.383 e. The minimum Gasteiger partial charge on any atom is -0.383 e. The molecule has 16 heavy (non-hydrogen) atoms. The highest BCUT2D eigenvalue weighted by Crippen LogP contribution is 2.00. The number of hydrogen-bond acceptors (Lipinski definition) is 3. The lowest BCUT2D eigenvalue weighted by Crippen LogP contribution is -2.46. The minimum absolute atomic E-state index is 0.140. The van der Waals surface area contributed by atoms with Crippen molar-refractivity contribution in [2.45, 2.75) is 46.2 Å². The molecule has 0 aromatic carbocycles. The second-order valence-corrected chi connectivity index (χ2v) is 4.17. The molecule has 0 aliphatic rings. The van der Waals surface area contributed by atoms with Gasteiger partial charge in [-0.25, -0.2) is 0 Å². The molecule has 1 N–H and O–H groups in total. The molecule has 0 aromatic heterocycles. The number of nitrogens with one attached hydrogen (secondary N) is 1. The van der Waals surface area contributed by atoms with Crippen LogP contribution in [0.2, 0.25) is 0 Å². The standard InChI is InChI=1S/C12H26N2O2/c1-6-10(3)13-8-12(15)14(7-2)11(4)9-16-5/h10-11,13H,6-9H2,1-5H3. The van der Waals surface area contributed by atoms with Gasteiger partial charge in [0.2, 0.25) is 5.91 Å². The van der Waals surface area contributed by atoms with Gasteiger partial charge in [-0.15, -0.1) is 0 Å². The van der Waals surface area contributed by atoms with Gasteiger partial charge < -0.3 is 15.0 Å². The summed E-state index contributed by atoms with van der Waals surface area (Å²) in [5.74, 6) is 0.146. The zero-order valence-electron chi connectivity index (χ0n) is 11.2. The molecule has 0 bridgehead atoms. The fourth-order valence-electron chi connectivity index (χ4n) is 1.57. The maximum Gasteiger partial charge on any atom is 0.236 e. The lowest BCUT2D eigenvalue weighted by Gasteiger charge is -2.28. The number of ether oxygens (including phenoxy) is 1. The highest BCUT2D eigenvalue weighted by molar-refractivity contribution is 5.78. The van der Waals surface area contributed by atoms with E-state index in [1.165, 1.54) is 0 Å². The topological polar surface area (TPSA) is 41.6 Å². The second kappa shape index (κ2) is 8.53. The first-order chi connectivity index (χ1) is 7.56. The first-order valence-corrected chi connectivity index (χ1v) is 6.08. The van der Waals surface area contributed by atoms with Crippen molar-refractivity contribution in [2.24, 2.45) is 0 Å². The van der Waals surface area contributed by atoms with Crippen LogP contribution in [0.4, 0.5) is 0 Å². The Morgan fingerprint density at radius 3 is 2.44 bits per heavy atom. The molecule has 0 radical (unpaired) electrons. The van der Waals surface area contributed by atoms with Crippen LogP contribution in [-0.2, 0) is 9.53 Å². The van der Waals surface area contributed by atoms with Crippen molar-refractivity contribution in [1.29, 1.82) is 0 Å². The average molecular weight is 230 g/mol. The first kappa shape index (κ1) is 15.4.